The second-order valence-corrected chi connectivity index (χ2v) is 2.51. The molecule has 1 heterocycles. The molecule has 0 amide bonds. The SMILES string of the molecule is CN(N)c1ccc(C(F)(F)F)nc1. The maximum atomic E-state index is 12.0. The van der Waals surface area contributed by atoms with Gasteiger partial charge in [0, 0.05) is 7.05 Å². The highest BCUT2D eigenvalue weighted by atomic mass is 19.4. The zero-order chi connectivity index (χ0) is 10.1. The van der Waals surface area contributed by atoms with E-state index in [0.717, 1.165) is 12.3 Å². The fourth-order valence-corrected chi connectivity index (χ4v) is 0.762. The van der Waals surface area contributed by atoms with Crippen LogP contribution in [-0.2, 0) is 6.18 Å². The van der Waals surface area contributed by atoms with Gasteiger partial charge in [0.1, 0.15) is 5.69 Å². The molecule has 0 fully saturated rings. The van der Waals surface area contributed by atoms with Crippen molar-refractivity contribution in [3.05, 3.63) is 24.0 Å². The van der Waals surface area contributed by atoms with Crippen molar-refractivity contribution in [2.24, 2.45) is 5.84 Å². The summed E-state index contributed by atoms with van der Waals surface area (Å²) >= 11 is 0. The Morgan fingerprint density at radius 1 is 1.38 bits per heavy atom. The summed E-state index contributed by atoms with van der Waals surface area (Å²) in [6.45, 7) is 0. The maximum absolute atomic E-state index is 12.0. The fraction of sp³-hybridized carbons (Fsp3) is 0.286. The molecule has 0 aliphatic carbocycles. The number of hydrogen-bond acceptors (Lipinski definition) is 3. The molecule has 0 aliphatic rings. The number of pyridine rings is 1. The normalized spacial score (nSPS) is 11.5. The van der Waals surface area contributed by atoms with Crippen LogP contribution in [0, 0.1) is 0 Å². The van der Waals surface area contributed by atoms with Crippen LogP contribution in [0.15, 0.2) is 18.3 Å². The highest BCUT2D eigenvalue weighted by Gasteiger charge is 2.32. The van der Waals surface area contributed by atoms with Crippen LogP contribution in [0.3, 0.4) is 0 Å². The topological polar surface area (TPSA) is 42.1 Å². The van der Waals surface area contributed by atoms with E-state index in [1.807, 2.05) is 0 Å². The standard InChI is InChI=1S/C7H8F3N3/c1-13(11)5-2-3-6(12-4-5)7(8,9)10/h2-4H,11H2,1H3. The molecule has 2 N–H and O–H groups in total. The molecule has 13 heavy (non-hydrogen) atoms. The molecule has 0 unspecified atom stereocenters. The van der Waals surface area contributed by atoms with Crippen molar-refractivity contribution in [2.75, 3.05) is 12.1 Å². The first-order valence-corrected chi connectivity index (χ1v) is 3.43. The molecule has 1 rings (SSSR count). The Bertz CT molecular complexity index is 278. The summed E-state index contributed by atoms with van der Waals surface area (Å²) in [5.41, 5.74) is -0.494. The summed E-state index contributed by atoms with van der Waals surface area (Å²) in [4.78, 5) is 3.22. The monoisotopic (exact) mass is 191 g/mol. The smallest absolute Gasteiger partial charge is 0.313 e. The summed E-state index contributed by atoms with van der Waals surface area (Å²) in [5, 5.41) is 1.19. The van der Waals surface area contributed by atoms with E-state index < -0.39 is 11.9 Å². The van der Waals surface area contributed by atoms with E-state index in [-0.39, 0.29) is 0 Å². The van der Waals surface area contributed by atoms with Gasteiger partial charge in [-0.05, 0) is 12.1 Å². The van der Waals surface area contributed by atoms with E-state index in [2.05, 4.69) is 4.98 Å². The number of halogens is 3. The molecule has 0 aliphatic heterocycles. The van der Waals surface area contributed by atoms with Crippen LogP contribution < -0.4 is 10.9 Å². The third-order valence-corrected chi connectivity index (χ3v) is 1.45. The lowest BCUT2D eigenvalue weighted by Gasteiger charge is -2.12. The number of nitrogens with two attached hydrogens (primary N) is 1. The van der Waals surface area contributed by atoms with Crippen LogP contribution in [0.4, 0.5) is 18.9 Å². The zero-order valence-corrected chi connectivity index (χ0v) is 6.84. The van der Waals surface area contributed by atoms with Crippen molar-refractivity contribution < 1.29 is 13.2 Å². The first-order chi connectivity index (χ1) is 5.91. The van der Waals surface area contributed by atoms with Crippen LogP contribution in [-0.4, -0.2) is 12.0 Å². The lowest BCUT2D eigenvalue weighted by molar-refractivity contribution is -0.141. The molecule has 0 aromatic carbocycles. The van der Waals surface area contributed by atoms with Crippen molar-refractivity contribution in [1.82, 2.24) is 4.98 Å². The minimum atomic E-state index is -4.40. The van der Waals surface area contributed by atoms with Crippen molar-refractivity contribution in [3.63, 3.8) is 0 Å². The third-order valence-electron chi connectivity index (χ3n) is 1.45. The quantitative estimate of drug-likeness (QED) is 0.539. The summed E-state index contributed by atoms with van der Waals surface area (Å²) in [6.07, 6.45) is -3.32. The highest BCUT2D eigenvalue weighted by Crippen LogP contribution is 2.27. The second-order valence-electron chi connectivity index (χ2n) is 2.51. The Labute approximate surface area is 72.9 Å². The van der Waals surface area contributed by atoms with E-state index in [9.17, 15) is 13.2 Å². The lowest BCUT2D eigenvalue weighted by atomic mass is 10.3. The van der Waals surface area contributed by atoms with Gasteiger partial charge in [-0.25, -0.2) is 10.8 Å². The highest BCUT2D eigenvalue weighted by molar-refractivity contribution is 5.41. The Kier molecular flexibility index (Phi) is 2.42. The number of hydrazine groups is 1. The van der Waals surface area contributed by atoms with Crippen molar-refractivity contribution in [3.8, 4) is 0 Å². The molecule has 0 saturated heterocycles. The molecule has 1 aromatic rings. The van der Waals surface area contributed by atoms with Gasteiger partial charge in [-0.2, -0.15) is 13.2 Å². The number of hydrogen-bond donors (Lipinski definition) is 1. The van der Waals surface area contributed by atoms with Crippen LogP contribution in [0.25, 0.3) is 0 Å². The molecule has 6 heteroatoms. The number of rotatable bonds is 1. The van der Waals surface area contributed by atoms with Gasteiger partial charge in [0.15, 0.2) is 0 Å². The van der Waals surface area contributed by atoms with E-state index in [4.69, 9.17) is 5.84 Å². The van der Waals surface area contributed by atoms with Gasteiger partial charge in [-0.15, -0.1) is 0 Å². The number of aromatic nitrogens is 1. The molecule has 72 valence electrons. The number of anilines is 1. The molecule has 0 spiro atoms. The van der Waals surface area contributed by atoms with Gasteiger partial charge in [0.25, 0.3) is 0 Å². The predicted molar refractivity (Wildman–Crippen MR) is 41.8 cm³/mol. The third kappa shape index (κ3) is 2.32. The molecular formula is C7H8F3N3. The first kappa shape index (κ1) is 9.79. The van der Waals surface area contributed by atoms with Gasteiger partial charge < -0.3 is 5.01 Å². The van der Waals surface area contributed by atoms with E-state index in [1.165, 1.54) is 18.1 Å². The Hall–Kier alpha value is -1.30. The molecule has 3 nitrogen and oxygen atoms in total. The van der Waals surface area contributed by atoms with Gasteiger partial charge in [-0.1, -0.05) is 0 Å². The van der Waals surface area contributed by atoms with Crippen molar-refractivity contribution in [2.45, 2.75) is 6.18 Å². The van der Waals surface area contributed by atoms with Crippen LogP contribution in [0.5, 0.6) is 0 Å². The predicted octanol–water partition coefficient (Wildman–Crippen LogP) is 1.41. The van der Waals surface area contributed by atoms with Crippen molar-refractivity contribution >= 4 is 5.69 Å². The molecular weight excluding hydrogens is 183 g/mol. The summed E-state index contributed by atoms with van der Waals surface area (Å²) in [5.74, 6) is 5.28. The number of alkyl halides is 3. The molecule has 0 saturated carbocycles. The number of nitrogens with zero attached hydrogens (tertiary/aromatic N) is 2. The van der Waals surface area contributed by atoms with E-state index in [1.54, 1.807) is 0 Å². The van der Waals surface area contributed by atoms with Gasteiger partial charge in [-0.3, -0.25) is 0 Å². The van der Waals surface area contributed by atoms with E-state index >= 15 is 0 Å². The maximum Gasteiger partial charge on any atom is 0.433 e. The van der Waals surface area contributed by atoms with Gasteiger partial charge in [0.2, 0.25) is 0 Å². The van der Waals surface area contributed by atoms with Crippen LogP contribution in [0.2, 0.25) is 0 Å². The Morgan fingerprint density at radius 3 is 2.31 bits per heavy atom. The lowest BCUT2D eigenvalue weighted by Crippen LogP contribution is -2.25. The van der Waals surface area contributed by atoms with Crippen molar-refractivity contribution in [1.29, 1.82) is 0 Å². The Morgan fingerprint density at radius 2 is 2.00 bits per heavy atom. The molecule has 0 radical (unpaired) electrons. The fourth-order valence-electron chi connectivity index (χ4n) is 0.762. The largest absolute Gasteiger partial charge is 0.433 e. The average Bonchev–Trinajstić information content (AvgIpc) is 2.03. The van der Waals surface area contributed by atoms with E-state index in [0.29, 0.717) is 5.69 Å². The summed E-state index contributed by atoms with van der Waals surface area (Å²) < 4.78 is 36.0. The van der Waals surface area contributed by atoms with Gasteiger partial charge >= 0.3 is 6.18 Å². The summed E-state index contributed by atoms with van der Waals surface area (Å²) in [6, 6.07) is 2.15. The Balaban J connectivity index is 2.94. The molecule has 0 atom stereocenters. The minimum Gasteiger partial charge on any atom is -0.313 e. The van der Waals surface area contributed by atoms with Crippen LogP contribution >= 0.6 is 0 Å². The second kappa shape index (κ2) is 3.21. The van der Waals surface area contributed by atoms with Crippen LogP contribution in [0.1, 0.15) is 5.69 Å². The molecule has 0 bridgehead atoms. The minimum absolute atomic E-state index is 0.424. The zero-order valence-electron chi connectivity index (χ0n) is 6.84. The first-order valence-electron chi connectivity index (χ1n) is 3.43. The summed E-state index contributed by atoms with van der Waals surface area (Å²) in [7, 11) is 1.52. The molecule has 1 aromatic heterocycles. The van der Waals surface area contributed by atoms with Gasteiger partial charge in [0.05, 0.1) is 11.9 Å². The average molecular weight is 191 g/mol.